The number of hydrogen-bond donors (Lipinski definition) is 0. The molecule has 0 bridgehead atoms. The molecule has 0 aliphatic heterocycles. The Kier molecular flexibility index (Phi) is 5.96. The molecular weight excluding hydrogens is 214 g/mol. The largest absolute Gasteiger partial charge is 0.378 e. The highest BCUT2D eigenvalue weighted by molar-refractivity contribution is 5.76. The molecule has 0 spiro atoms. The molecule has 1 aliphatic carbocycles. The Morgan fingerprint density at radius 1 is 1.18 bits per heavy atom. The highest BCUT2D eigenvalue weighted by Gasteiger charge is 2.21. The summed E-state index contributed by atoms with van der Waals surface area (Å²) in [5, 5.41) is 0. The molecule has 3 nitrogen and oxygen atoms in total. The number of rotatable bonds is 6. The van der Waals surface area contributed by atoms with E-state index in [1.54, 1.807) is 0 Å². The van der Waals surface area contributed by atoms with E-state index in [0.717, 1.165) is 0 Å². The lowest BCUT2D eigenvalue weighted by Gasteiger charge is -2.31. The van der Waals surface area contributed by atoms with Gasteiger partial charge in [-0.15, -0.1) is 0 Å². The molecule has 0 unspecified atom stereocenters. The van der Waals surface area contributed by atoms with Gasteiger partial charge in [-0.1, -0.05) is 12.8 Å². The van der Waals surface area contributed by atoms with Crippen molar-refractivity contribution in [2.45, 2.75) is 78.0 Å². The standard InChI is InChI=1S/C14H27NO2/c1-11(2)15(12(3)4)14(16)9-10-17-13-7-5-6-8-13/h11-13H,5-10H2,1-4H3. The number of nitrogens with zero attached hydrogens (tertiary/aromatic N) is 1. The predicted octanol–water partition coefficient (Wildman–Crippen LogP) is 2.98. The van der Waals surface area contributed by atoms with Gasteiger partial charge >= 0.3 is 0 Å². The van der Waals surface area contributed by atoms with E-state index in [9.17, 15) is 4.79 Å². The number of hydrogen-bond acceptors (Lipinski definition) is 2. The number of amides is 1. The topological polar surface area (TPSA) is 29.5 Å². The number of ether oxygens (including phenoxy) is 1. The third-order valence-electron chi connectivity index (χ3n) is 3.37. The molecule has 0 aromatic heterocycles. The molecule has 3 heteroatoms. The first-order valence-corrected chi connectivity index (χ1v) is 6.95. The summed E-state index contributed by atoms with van der Waals surface area (Å²) in [6.07, 6.45) is 5.84. The molecule has 1 saturated carbocycles. The summed E-state index contributed by atoms with van der Waals surface area (Å²) in [5.74, 6) is 0.216. The molecule has 0 saturated heterocycles. The van der Waals surface area contributed by atoms with Crippen LogP contribution in [0.1, 0.15) is 59.8 Å². The van der Waals surface area contributed by atoms with Crippen molar-refractivity contribution in [3.05, 3.63) is 0 Å². The van der Waals surface area contributed by atoms with Gasteiger partial charge < -0.3 is 9.64 Å². The summed E-state index contributed by atoms with van der Waals surface area (Å²) in [6.45, 7) is 8.84. The summed E-state index contributed by atoms with van der Waals surface area (Å²) in [7, 11) is 0. The van der Waals surface area contributed by atoms with Crippen LogP contribution in [-0.4, -0.2) is 35.6 Å². The van der Waals surface area contributed by atoms with Gasteiger partial charge in [-0.3, -0.25) is 4.79 Å². The predicted molar refractivity (Wildman–Crippen MR) is 69.9 cm³/mol. The monoisotopic (exact) mass is 241 g/mol. The molecule has 1 fully saturated rings. The Labute approximate surface area is 106 Å². The zero-order chi connectivity index (χ0) is 12.8. The first-order valence-electron chi connectivity index (χ1n) is 6.95. The van der Waals surface area contributed by atoms with Crippen LogP contribution >= 0.6 is 0 Å². The fourth-order valence-corrected chi connectivity index (χ4v) is 2.67. The summed E-state index contributed by atoms with van der Waals surface area (Å²) in [4.78, 5) is 14.0. The van der Waals surface area contributed by atoms with Crippen molar-refractivity contribution in [2.75, 3.05) is 6.61 Å². The molecule has 0 radical (unpaired) electrons. The Morgan fingerprint density at radius 3 is 2.18 bits per heavy atom. The van der Waals surface area contributed by atoms with Gasteiger partial charge in [-0.2, -0.15) is 0 Å². The maximum Gasteiger partial charge on any atom is 0.225 e. The molecule has 0 atom stereocenters. The van der Waals surface area contributed by atoms with Crippen molar-refractivity contribution >= 4 is 5.91 Å². The lowest BCUT2D eigenvalue weighted by molar-refractivity contribution is -0.136. The summed E-state index contributed by atoms with van der Waals surface area (Å²) >= 11 is 0. The zero-order valence-corrected chi connectivity index (χ0v) is 11.7. The van der Waals surface area contributed by atoms with Crippen LogP contribution in [0.4, 0.5) is 0 Å². The maximum atomic E-state index is 12.0. The van der Waals surface area contributed by atoms with E-state index < -0.39 is 0 Å². The van der Waals surface area contributed by atoms with E-state index in [4.69, 9.17) is 4.74 Å². The second kappa shape index (κ2) is 7.00. The lowest BCUT2D eigenvalue weighted by atomic mass is 10.2. The van der Waals surface area contributed by atoms with Crippen LogP contribution in [-0.2, 0) is 9.53 Å². The molecule has 0 heterocycles. The molecule has 0 aromatic rings. The van der Waals surface area contributed by atoms with E-state index in [0.29, 0.717) is 19.1 Å². The van der Waals surface area contributed by atoms with Crippen molar-refractivity contribution in [2.24, 2.45) is 0 Å². The Morgan fingerprint density at radius 2 is 1.71 bits per heavy atom. The Balaban J connectivity index is 2.26. The summed E-state index contributed by atoms with van der Waals surface area (Å²) < 4.78 is 5.74. The van der Waals surface area contributed by atoms with E-state index >= 15 is 0 Å². The van der Waals surface area contributed by atoms with Crippen molar-refractivity contribution in [1.29, 1.82) is 0 Å². The van der Waals surface area contributed by atoms with Gasteiger partial charge in [0.1, 0.15) is 0 Å². The fourth-order valence-electron chi connectivity index (χ4n) is 2.67. The second-order valence-electron chi connectivity index (χ2n) is 5.52. The molecule has 100 valence electrons. The fraction of sp³-hybridized carbons (Fsp3) is 0.929. The van der Waals surface area contributed by atoms with Crippen LogP contribution in [0, 0.1) is 0 Å². The zero-order valence-electron chi connectivity index (χ0n) is 11.7. The first-order chi connectivity index (χ1) is 8.02. The lowest BCUT2D eigenvalue weighted by Crippen LogP contribution is -2.42. The van der Waals surface area contributed by atoms with Crippen molar-refractivity contribution in [1.82, 2.24) is 4.90 Å². The van der Waals surface area contributed by atoms with E-state index in [1.807, 2.05) is 4.90 Å². The van der Waals surface area contributed by atoms with E-state index in [-0.39, 0.29) is 18.0 Å². The van der Waals surface area contributed by atoms with E-state index in [2.05, 4.69) is 27.7 Å². The minimum atomic E-state index is 0.216. The van der Waals surface area contributed by atoms with Crippen molar-refractivity contribution in [3.8, 4) is 0 Å². The normalized spacial score (nSPS) is 17.1. The minimum Gasteiger partial charge on any atom is -0.378 e. The van der Waals surface area contributed by atoms with Crippen LogP contribution in [0.2, 0.25) is 0 Å². The molecule has 17 heavy (non-hydrogen) atoms. The van der Waals surface area contributed by atoms with Gasteiger partial charge in [0.15, 0.2) is 0 Å². The average Bonchev–Trinajstić information content (AvgIpc) is 2.69. The Hall–Kier alpha value is -0.570. The van der Waals surface area contributed by atoms with Crippen LogP contribution in [0.25, 0.3) is 0 Å². The van der Waals surface area contributed by atoms with E-state index in [1.165, 1.54) is 25.7 Å². The van der Waals surface area contributed by atoms with Crippen LogP contribution in [0.3, 0.4) is 0 Å². The SMILES string of the molecule is CC(C)N(C(=O)CCOC1CCCC1)C(C)C. The first kappa shape index (κ1) is 14.5. The van der Waals surface area contributed by atoms with Crippen LogP contribution in [0.15, 0.2) is 0 Å². The average molecular weight is 241 g/mol. The quantitative estimate of drug-likeness (QED) is 0.715. The summed E-state index contributed by atoms with van der Waals surface area (Å²) in [6, 6.07) is 0.544. The van der Waals surface area contributed by atoms with Gasteiger partial charge in [0.05, 0.1) is 19.1 Å². The molecule has 0 aromatic carbocycles. The van der Waals surface area contributed by atoms with Gasteiger partial charge in [0.25, 0.3) is 0 Å². The van der Waals surface area contributed by atoms with Crippen LogP contribution in [0.5, 0.6) is 0 Å². The molecule has 1 amide bonds. The molecule has 1 aliphatic rings. The van der Waals surface area contributed by atoms with Crippen molar-refractivity contribution in [3.63, 3.8) is 0 Å². The van der Waals surface area contributed by atoms with Gasteiger partial charge in [0.2, 0.25) is 5.91 Å². The Bertz CT molecular complexity index is 224. The molecule has 1 rings (SSSR count). The van der Waals surface area contributed by atoms with Crippen molar-refractivity contribution < 1.29 is 9.53 Å². The second-order valence-corrected chi connectivity index (χ2v) is 5.52. The van der Waals surface area contributed by atoms with Gasteiger partial charge in [0, 0.05) is 12.1 Å². The maximum absolute atomic E-state index is 12.0. The number of carbonyl (C=O) groups excluding carboxylic acids is 1. The van der Waals surface area contributed by atoms with Gasteiger partial charge in [-0.25, -0.2) is 0 Å². The third-order valence-corrected chi connectivity index (χ3v) is 3.37. The smallest absolute Gasteiger partial charge is 0.225 e. The number of carbonyl (C=O) groups is 1. The molecule has 0 N–H and O–H groups in total. The van der Waals surface area contributed by atoms with Gasteiger partial charge in [-0.05, 0) is 40.5 Å². The van der Waals surface area contributed by atoms with Crippen LogP contribution < -0.4 is 0 Å². The molecular formula is C14H27NO2. The summed E-state index contributed by atoms with van der Waals surface area (Å²) in [5.41, 5.74) is 0. The third kappa shape index (κ3) is 4.66. The minimum absolute atomic E-state index is 0.216. The highest BCUT2D eigenvalue weighted by atomic mass is 16.5. The highest BCUT2D eigenvalue weighted by Crippen LogP contribution is 2.21.